The van der Waals surface area contributed by atoms with E-state index in [9.17, 15) is 0 Å². The molecule has 1 aromatic rings. The minimum absolute atomic E-state index is 0.0335. The molecule has 0 amide bonds. The number of nitrogens with zero attached hydrogens (tertiary/aromatic N) is 2. The Morgan fingerprint density at radius 1 is 1.37 bits per heavy atom. The largest absolute Gasteiger partial charge is 0.356 e. The number of nitrogens with two attached hydrogens (primary N) is 1. The highest BCUT2D eigenvalue weighted by Crippen LogP contribution is 2.38. The van der Waals surface area contributed by atoms with E-state index in [0.717, 1.165) is 11.4 Å². The zero-order valence-electron chi connectivity index (χ0n) is 12.7. The summed E-state index contributed by atoms with van der Waals surface area (Å²) in [6.07, 6.45) is 6.95. The molecule has 0 aromatic carbocycles. The Kier molecular flexibility index (Phi) is 4.14. The minimum Gasteiger partial charge on any atom is -0.356 e. The normalized spacial score (nSPS) is 21.1. The van der Waals surface area contributed by atoms with E-state index >= 15 is 0 Å². The Morgan fingerprint density at radius 2 is 2.00 bits per heavy atom. The first-order chi connectivity index (χ1) is 8.91. The molecule has 1 aliphatic carbocycles. The molecule has 1 atom stereocenters. The highest BCUT2D eigenvalue weighted by Gasteiger charge is 2.30. The van der Waals surface area contributed by atoms with Gasteiger partial charge in [-0.05, 0) is 44.1 Å². The van der Waals surface area contributed by atoms with Gasteiger partial charge in [0.15, 0.2) is 0 Å². The molecule has 2 rings (SSSR count). The first kappa shape index (κ1) is 14.3. The van der Waals surface area contributed by atoms with Crippen LogP contribution in [-0.2, 0) is 0 Å². The lowest BCUT2D eigenvalue weighted by molar-refractivity contribution is 0.222. The Balaban J connectivity index is 2.14. The number of hydrogen-bond donors (Lipinski definition) is 1. The molecule has 1 aliphatic rings. The molecule has 3 nitrogen and oxygen atoms in total. The van der Waals surface area contributed by atoms with E-state index in [2.05, 4.69) is 36.8 Å². The van der Waals surface area contributed by atoms with E-state index in [1.165, 1.54) is 25.7 Å². The number of anilines is 1. The van der Waals surface area contributed by atoms with Crippen LogP contribution >= 0.6 is 0 Å². The van der Waals surface area contributed by atoms with Crippen molar-refractivity contribution in [3.05, 3.63) is 23.9 Å². The van der Waals surface area contributed by atoms with Crippen LogP contribution in [0.3, 0.4) is 0 Å². The summed E-state index contributed by atoms with van der Waals surface area (Å²) >= 11 is 0. The molecule has 0 radical (unpaired) electrons. The van der Waals surface area contributed by atoms with E-state index < -0.39 is 0 Å². The summed E-state index contributed by atoms with van der Waals surface area (Å²) in [6.45, 7) is 6.77. The number of pyridine rings is 1. The van der Waals surface area contributed by atoms with Gasteiger partial charge in [-0.1, -0.05) is 19.9 Å². The summed E-state index contributed by atoms with van der Waals surface area (Å²) in [4.78, 5) is 6.90. The van der Waals surface area contributed by atoms with Crippen molar-refractivity contribution in [1.82, 2.24) is 4.98 Å². The van der Waals surface area contributed by atoms with Gasteiger partial charge in [0.2, 0.25) is 0 Å². The van der Waals surface area contributed by atoms with Crippen molar-refractivity contribution in [2.24, 2.45) is 11.1 Å². The van der Waals surface area contributed by atoms with Gasteiger partial charge in [-0.3, -0.25) is 0 Å². The van der Waals surface area contributed by atoms with Gasteiger partial charge in [-0.25, -0.2) is 4.98 Å². The number of rotatable bonds is 3. The maximum absolute atomic E-state index is 6.06. The Morgan fingerprint density at radius 3 is 2.58 bits per heavy atom. The quantitative estimate of drug-likeness (QED) is 0.905. The molecule has 0 aliphatic heterocycles. The summed E-state index contributed by atoms with van der Waals surface area (Å²) in [5.74, 6) is 1.06. The van der Waals surface area contributed by atoms with E-state index in [1.54, 1.807) is 0 Å². The van der Waals surface area contributed by atoms with E-state index in [0.29, 0.717) is 11.5 Å². The molecule has 19 heavy (non-hydrogen) atoms. The van der Waals surface area contributed by atoms with Crippen molar-refractivity contribution >= 4 is 5.82 Å². The number of hydrogen-bond acceptors (Lipinski definition) is 3. The van der Waals surface area contributed by atoms with E-state index in [4.69, 9.17) is 5.73 Å². The third-order valence-corrected chi connectivity index (χ3v) is 4.50. The fraction of sp³-hybridized carbons (Fsp3) is 0.688. The molecule has 2 N–H and O–H groups in total. The van der Waals surface area contributed by atoms with Gasteiger partial charge < -0.3 is 10.6 Å². The van der Waals surface area contributed by atoms with Crippen molar-refractivity contribution in [1.29, 1.82) is 0 Å². The molecular formula is C16H27N3. The molecule has 0 bridgehead atoms. The van der Waals surface area contributed by atoms with Crippen molar-refractivity contribution < 1.29 is 0 Å². The molecule has 1 unspecified atom stereocenters. The van der Waals surface area contributed by atoms with Gasteiger partial charge in [-0.2, -0.15) is 0 Å². The van der Waals surface area contributed by atoms with Crippen molar-refractivity contribution in [3.63, 3.8) is 0 Å². The summed E-state index contributed by atoms with van der Waals surface area (Å²) < 4.78 is 0. The fourth-order valence-corrected chi connectivity index (χ4v) is 3.00. The van der Waals surface area contributed by atoms with Gasteiger partial charge in [-0.15, -0.1) is 0 Å². The first-order valence-corrected chi connectivity index (χ1v) is 7.34. The maximum atomic E-state index is 6.06. The van der Waals surface area contributed by atoms with Crippen LogP contribution in [0.1, 0.15) is 58.1 Å². The van der Waals surface area contributed by atoms with Crippen molar-refractivity contribution in [2.75, 3.05) is 11.9 Å². The van der Waals surface area contributed by atoms with Crippen LogP contribution in [0.5, 0.6) is 0 Å². The van der Waals surface area contributed by atoms with Gasteiger partial charge in [0, 0.05) is 30.9 Å². The van der Waals surface area contributed by atoms with Crippen LogP contribution < -0.4 is 10.6 Å². The average molecular weight is 261 g/mol. The molecule has 106 valence electrons. The second kappa shape index (κ2) is 5.49. The van der Waals surface area contributed by atoms with Gasteiger partial charge in [0.25, 0.3) is 0 Å². The highest BCUT2D eigenvalue weighted by molar-refractivity contribution is 5.48. The second-order valence-electron chi connectivity index (χ2n) is 6.71. The average Bonchev–Trinajstić information content (AvgIpc) is 2.38. The topological polar surface area (TPSA) is 42.1 Å². The molecular weight excluding hydrogens is 234 g/mol. The van der Waals surface area contributed by atoms with Crippen LogP contribution in [0.25, 0.3) is 0 Å². The number of aromatic nitrogens is 1. The minimum atomic E-state index is 0.0335. The molecule has 0 saturated heterocycles. The first-order valence-electron chi connectivity index (χ1n) is 7.34. The molecule has 3 heteroatoms. The fourth-order valence-electron chi connectivity index (χ4n) is 3.00. The van der Waals surface area contributed by atoms with Crippen LogP contribution in [-0.4, -0.2) is 18.1 Å². The van der Waals surface area contributed by atoms with Crippen LogP contribution in [0.15, 0.2) is 18.3 Å². The van der Waals surface area contributed by atoms with Crippen molar-refractivity contribution in [2.45, 2.75) is 58.5 Å². The van der Waals surface area contributed by atoms with Crippen molar-refractivity contribution in [3.8, 4) is 0 Å². The SMILES string of the molecule is CC(N)c1cccnc1N(C)C1CCC(C)(C)CC1. The zero-order valence-corrected chi connectivity index (χ0v) is 12.7. The van der Waals surface area contributed by atoms with Gasteiger partial charge in [0.05, 0.1) is 0 Å². The van der Waals surface area contributed by atoms with Crippen LogP contribution in [0.2, 0.25) is 0 Å². The van der Waals surface area contributed by atoms with E-state index in [1.807, 2.05) is 19.2 Å². The monoisotopic (exact) mass is 261 g/mol. The second-order valence-corrected chi connectivity index (χ2v) is 6.71. The summed E-state index contributed by atoms with van der Waals surface area (Å²) in [7, 11) is 2.16. The summed E-state index contributed by atoms with van der Waals surface area (Å²) in [5, 5.41) is 0. The molecule has 0 spiro atoms. The van der Waals surface area contributed by atoms with E-state index in [-0.39, 0.29) is 6.04 Å². The lowest BCUT2D eigenvalue weighted by atomic mass is 9.75. The molecule has 1 saturated carbocycles. The zero-order chi connectivity index (χ0) is 14.0. The predicted octanol–water partition coefficient (Wildman–Crippen LogP) is 3.51. The lowest BCUT2D eigenvalue weighted by Gasteiger charge is -2.39. The lowest BCUT2D eigenvalue weighted by Crippen LogP contribution is -2.38. The van der Waals surface area contributed by atoms with Gasteiger partial charge >= 0.3 is 0 Å². The Hall–Kier alpha value is -1.09. The van der Waals surface area contributed by atoms with Crippen LogP contribution in [0.4, 0.5) is 5.82 Å². The molecule has 1 fully saturated rings. The molecule has 1 heterocycles. The smallest absolute Gasteiger partial charge is 0.133 e. The third-order valence-electron chi connectivity index (χ3n) is 4.50. The van der Waals surface area contributed by atoms with Gasteiger partial charge in [0.1, 0.15) is 5.82 Å². The predicted molar refractivity (Wildman–Crippen MR) is 81.3 cm³/mol. The maximum Gasteiger partial charge on any atom is 0.133 e. The standard InChI is InChI=1S/C16H27N3/c1-12(17)14-6-5-11-18-15(14)19(4)13-7-9-16(2,3)10-8-13/h5-6,11-13H,7-10,17H2,1-4H3. The Labute approximate surface area is 117 Å². The molecule has 1 aromatic heterocycles. The highest BCUT2D eigenvalue weighted by atomic mass is 15.2. The third kappa shape index (κ3) is 3.27. The Bertz CT molecular complexity index is 416. The van der Waals surface area contributed by atoms with Crippen LogP contribution in [0, 0.1) is 5.41 Å². The summed E-state index contributed by atoms with van der Waals surface area (Å²) in [6, 6.07) is 4.70. The summed E-state index contributed by atoms with van der Waals surface area (Å²) in [5.41, 5.74) is 7.71.